The second kappa shape index (κ2) is 7.60. The second-order valence-corrected chi connectivity index (χ2v) is 14.4. The number of fused-ring (bicyclic) bond motifs is 1. The first-order valence-electron chi connectivity index (χ1n) is 11.3. The molecular formula is C25H29N3O3S2. The first-order chi connectivity index (χ1) is 15.5. The van der Waals surface area contributed by atoms with Crippen LogP contribution in [0.15, 0.2) is 41.6 Å². The summed E-state index contributed by atoms with van der Waals surface area (Å²) in [6.45, 7) is 6.99. The molecule has 5 rings (SSSR count). The first-order valence-corrected chi connectivity index (χ1v) is 13.6. The minimum Gasteiger partial charge on any atom is -0.349 e. The zero-order chi connectivity index (χ0) is 23.6. The fourth-order valence-corrected chi connectivity index (χ4v) is 7.25. The molecular weight excluding hydrogens is 454 g/mol. The molecule has 0 radical (unpaired) electrons. The Morgan fingerprint density at radius 3 is 2.55 bits per heavy atom. The van der Waals surface area contributed by atoms with E-state index >= 15 is 0 Å². The highest BCUT2D eigenvalue weighted by Crippen LogP contribution is 2.62. The summed E-state index contributed by atoms with van der Waals surface area (Å²) < 4.78 is 25.6. The molecule has 0 unspecified atom stereocenters. The highest BCUT2D eigenvalue weighted by Gasteiger charge is 2.54. The van der Waals surface area contributed by atoms with Crippen molar-refractivity contribution in [3.8, 4) is 0 Å². The predicted octanol–water partition coefficient (Wildman–Crippen LogP) is 5.03. The van der Waals surface area contributed by atoms with Gasteiger partial charge in [0.25, 0.3) is 5.91 Å². The average Bonchev–Trinajstić information content (AvgIpc) is 3.10. The van der Waals surface area contributed by atoms with Crippen LogP contribution in [-0.2, 0) is 9.84 Å². The van der Waals surface area contributed by atoms with E-state index in [9.17, 15) is 13.2 Å². The molecule has 1 amide bonds. The van der Waals surface area contributed by atoms with Gasteiger partial charge in [0.15, 0.2) is 14.9 Å². The fraction of sp³-hybridized carbons (Fsp3) is 0.480. The summed E-state index contributed by atoms with van der Waals surface area (Å²) in [5, 5.41) is 4.26. The maximum atomic E-state index is 12.8. The molecule has 2 aliphatic rings. The number of nitrogens with one attached hydrogen (secondary N) is 1. The van der Waals surface area contributed by atoms with Gasteiger partial charge in [-0.2, -0.15) is 0 Å². The quantitative estimate of drug-likeness (QED) is 0.562. The Morgan fingerprint density at radius 2 is 1.85 bits per heavy atom. The molecule has 0 atom stereocenters. The van der Waals surface area contributed by atoms with E-state index in [1.165, 1.54) is 27.5 Å². The largest absolute Gasteiger partial charge is 0.349 e. The number of carbonyl (C=O) groups is 1. The van der Waals surface area contributed by atoms with Crippen LogP contribution in [0.5, 0.6) is 0 Å². The van der Waals surface area contributed by atoms with Gasteiger partial charge in [0.2, 0.25) is 0 Å². The molecule has 0 saturated heterocycles. The van der Waals surface area contributed by atoms with Gasteiger partial charge in [-0.1, -0.05) is 6.07 Å². The Hall–Kier alpha value is -2.32. The van der Waals surface area contributed by atoms with Crippen molar-refractivity contribution in [1.82, 2.24) is 15.3 Å². The van der Waals surface area contributed by atoms with Crippen LogP contribution in [0.3, 0.4) is 0 Å². The predicted molar refractivity (Wildman–Crippen MR) is 130 cm³/mol. The third-order valence-electron chi connectivity index (χ3n) is 7.04. The zero-order valence-electron chi connectivity index (χ0n) is 19.4. The maximum Gasteiger partial charge on any atom is 0.251 e. The number of aromatic nitrogens is 2. The Morgan fingerprint density at radius 1 is 1.12 bits per heavy atom. The van der Waals surface area contributed by atoms with Crippen molar-refractivity contribution < 1.29 is 13.2 Å². The van der Waals surface area contributed by atoms with Gasteiger partial charge in [0.05, 0.1) is 20.0 Å². The summed E-state index contributed by atoms with van der Waals surface area (Å²) in [5.74, 6) is 0.282. The van der Waals surface area contributed by atoms with Crippen molar-refractivity contribution in [2.24, 2.45) is 5.41 Å². The molecule has 1 spiro atoms. The molecule has 6 nitrogen and oxygen atoms in total. The summed E-state index contributed by atoms with van der Waals surface area (Å²) >= 11 is 1.80. The molecule has 33 heavy (non-hydrogen) atoms. The monoisotopic (exact) mass is 483 g/mol. The summed E-state index contributed by atoms with van der Waals surface area (Å²) in [6, 6.07) is 9.53. The number of benzene rings is 1. The standard InChI is InChI=1S/C25H29N3O3S2/c1-15-5-6-20-19(9-15)28-23(32-20)17-11-25(12-17)13-18(14-25)27-22(29)16-7-8-26-21(10-16)33(30,31)24(2,3)4/h5-10,17-18H,11-14H2,1-4H3,(H,27,29). The van der Waals surface area contributed by atoms with Crippen molar-refractivity contribution in [1.29, 1.82) is 0 Å². The summed E-state index contributed by atoms with van der Waals surface area (Å²) in [6.07, 6.45) is 5.59. The van der Waals surface area contributed by atoms with E-state index in [1.807, 2.05) is 0 Å². The maximum absolute atomic E-state index is 12.8. The minimum absolute atomic E-state index is 0.0550. The molecule has 2 aromatic heterocycles. The van der Waals surface area contributed by atoms with Crippen molar-refractivity contribution in [2.75, 3.05) is 0 Å². The zero-order valence-corrected chi connectivity index (χ0v) is 21.0. The van der Waals surface area contributed by atoms with Crippen molar-refractivity contribution >= 4 is 37.3 Å². The Balaban J connectivity index is 1.18. The minimum atomic E-state index is -3.61. The van der Waals surface area contributed by atoms with Gasteiger partial charge >= 0.3 is 0 Å². The van der Waals surface area contributed by atoms with Crippen LogP contribution < -0.4 is 5.32 Å². The molecule has 174 valence electrons. The van der Waals surface area contributed by atoms with E-state index in [0.29, 0.717) is 16.9 Å². The number of thiazole rings is 1. The van der Waals surface area contributed by atoms with Gasteiger partial charge in [-0.15, -0.1) is 11.3 Å². The lowest BCUT2D eigenvalue weighted by molar-refractivity contribution is -0.0187. The van der Waals surface area contributed by atoms with E-state index < -0.39 is 14.6 Å². The number of hydrogen-bond donors (Lipinski definition) is 1. The molecule has 2 heterocycles. The van der Waals surface area contributed by atoms with Crippen LogP contribution in [0.4, 0.5) is 0 Å². The van der Waals surface area contributed by atoms with Crippen LogP contribution in [-0.4, -0.2) is 35.1 Å². The van der Waals surface area contributed by atoms with Gasteiger partial charge in [0, 0.05) is 23.7 Å². The molecule has 3 aromatic rings. The normalized spacial score (nSPS) is 25.0. The number of rotatable bonds is 4. The average molecular weight is 484 g/mol. The lowest BCUT2D eigenvalue weighted by Crippen LogP contribution is -2.55. The van der Waals surface area contributed by atoms with Crippen molar-refractivity contribution in [3.05, 3.63) is 52.7 Å². The molecule has 2 saturated carbocycles. The molecule has 0 aliphatic heterocycles. The van der Waals surface area contributed by atoms with Crippen LogP contribution in [0.2, 0.25) is 0 Å². The number of carbonyl (C=O) groups excluding carboxylic acids is 1. The topological polar surface area (TPSA) is 89.0 Å². The Kier molecular flexibility index (Phi) is 5.17. The molecule has 1 N–H and O–H groups in total. The van der Waals surface area contributed by atoms with Gasteiger partial charge in [-0.05, 0) is 88.6 Å². The van der Waals surface area contributed by atoms with Crippen LogP contribution in [0.25, 0.3) is 10.2 Å². The van der Waals surface area contributed by atoms with Gasteiger partial charge in [-0.25, -0.2) is 18.4 Å². The molecule has 2 fully saturated rings. The smallest absolute Gasteiger partial charge is 0.251 e. The third-order valence-corrected chi connectivity index (χ3v) is 10.6. The van der Waals surface area contributed by atoms with E-state index in [2.05, 4.69) is 35.4 Å². The van der Waals surface area contributed by atoms with Crippen molar-refractivity contribution in [2.45, 2.75) is 75.1 Å². The molecule has 8 heteroatoms. The van der Waals surface area contributed by atoms with Gasteiger partial charge in [-0.3, -0.25) is 4.79 Å². The van der Waals surface area contributed by atoms with Crippen LogP contribution >= 0.6 is 11.3 Å². The van der Waals surface area contributed by atoms with Crippen molar-refractivity contribution in [3.63, 3.8) is 0 Å². The SMILES string of the molecule is Cc1ccc2sc(C3CC4(CC(NC(=O)c5ccnc(S(=O)(=O)C(C)(C)C)c5)C4)C3)nc2c1. The summed E-state index contributed by atoms with van der Waals surface area (Å²) in [4.78, 5) is 21.6. The lowest BCUT2D eigenvalue weighted by Gasteiger charge is -2.57. The first kappa shape index (κ1) is 22.5. The van der Waals surface area contributed by atoms with Gasteiger partial charge < -0.3 is 5.32 Å². The van der Waals surface area contributed by atoms with Crippen LogP contribution in [0, 0.1) is 12.3 Å². The molecule has 2 aliphatic carbocycles. The summed E-state index contributed by atoms with van der Waals surface area (Å²) in [7, 11) is -3.61. The van der Waals surface area contributed by atoms with Gasteiger partial charge in [0.1, 0.15) is 0 Å². The number of aryl methyl sites for hydroxylation is 1. The number of amides is 1. The highest BCUT2D eigenvalue weighted by molar-refractivity contribution is 7.92. The third kappa shape index (κ3) is 3.97. The number of pyridine rings is 1. The van der Waals surface area contributed by atoms with Crippen LogP contribution in [0.1, 0.15) is 73.3 Å². The molecule has 0 bridgehead atoms. The van der Waals surface area contributed by atoms with E-state index in [-0.39, 0.29) is 17.0 Å². The highest BCUT2D eigenvalue weighted by atomic mass is 32.2. The Bertz CT molecular complexity index is 1340. The lowest BCUT2D eigenvalue weighted by atomic mass is 9.50. The Labute approximate surface area is 198 Å². The summed E-state index contributed by atoms with van der Waals surface area (Å²) in [5.41, 5.74) is 2.99. The van der Waals surface area contributed by atoms with E-state index in [4.69, 9.17) is 4.98 Å². The number of hydrogen-bond acceptors (Lipinski definition) is 6. The molecule has 1 aromatic carbocycles. The second-order valence-electron chi connectivity index (χ2n) is 10.7. The number of nitrogens with zero attached hydrogens (tertiary/aromatic N) is 2. The number of sulfone groups is 1. The van der Waals surface area contributed by atoms with E-state index in [0.717, 1.165) is 31.2 Å². The van der Waals surface area contributed by atoms with E-state index in [1.54, 1.807) is 38.2 Å². The fourth-order valence-electron chi connectivity index (χ4n) is 5.09.